The van der Waals surface area contributed by atoms with E-state index in [2.05, 4.69) is 4.72 Å². The average Bonchev–Trinajstić information content (AvgIpc) is 2.88. The number of nitrogens with zero attached hydrogens (tertiary/aromatic N) is 1. The van der Waals surface area contributed by atoms with Crippen molar-refractivity contribution in [3.63, 3.8) is 0 Å². The fourth-order valence-corrected chi connectivity index (χ4v) is 3.78. The maximum atomic E-state index is 12.4. The molecule has 1 unspecified atom stereocenters. The lowest BCUT2D eigenvalue weighted by Gasteiger charge is -2.23. The molecule has 7 nitrogen and oxygen atoms in total. The van der Waals surface area contributed by atoms with Crippen LogP contribution in [0.15, 0.2) is 23.1 Å². The topological polar surface area (TPSA) is 116 Å². The van der Waals surface area contributed by atoms with Crippen LogP contribution in [0.2, 0.25) is 5.02 Å². The van der Waals surface area contributed by atoms with Crippen molar-refractivity contribution in [2.45, 2.75) is 16.9 Å². The number of carboxylic acid groups (broad SMARTS) is 1. The first-order chi connectivity index (χ1) is 9.81. The molecule has 0 spiro atoms. The van der Waals surface area contributed by atoms with Crippen molar-refractivity contribution >= 4 is 27.6 Å². The van der Waals surface area contributed by atoms with Crippen LogP contribution in [-0.4, -0.2) is 38.2 Å². The highest BCUT2D eigenvalue weighted by Crippen LogP contribution is 2.25. The smallest absolute Gasteiger partial charge is 0.327 e. The summed E-state index contributed by atoms with van der Waals surface area (Å²) in [6, 6.07) is 5.48. The van der Waals surface area contributed by atoms with Gasteiger partial charge in [0, 0.05) is 18.1 Å². The van der Waals surface area contributed by atoms with Gasteiger partial charge in [-0.05, 0) is 18.2 Å². The molecular weight excluding hydrogens is 320 g/mol. The zero-order valence-corrected chi connectivity index (χ0v) is 12.2. The number of carbonyl (C=O) groups is 1. The average molecular weight is 331 g/mol. The number of sulfonamides is 1. The Kier molecular flexibility index (Phi) is 4.20. The number of halogens is 1. The lowest BCUT2D eigenvalue weighted by atomic mass is 10.0. The van der Waals surface area contributed by atoms with E-state index in [0.29, 0.717) is 0 Å². The van der Waals surface area contributed by atoms with Gasteiger partial charge in [-0.2, -0.15) is 9.98 Å². The normalized spacial score (nSPS) is 21.9. The van der Waals surface area contributed by atoms with Crippen molar-refractivity contribution < 1.29 is 23.1 Å². The molecule has 1 heterocycles. The number of hydrogen-bond donors (Lipinski definition) is 2. The Hall–Kier alpha value is -1.66. The summed E-state index contributed by atoms with van der Waals surface area (Å²) < 4.78 is 31.9. The standard InChI is InChI=1S/C12H11ClN2O5S/c13-9-2-1-8(6-14)10(5-9)21(18,19)15-12(11(16)17)3-4-20-7-12/h1-2,5,15H,3-4,7H2,(H,16,17). The monoisotopic (exact) mass is 330 g/mol. The third-order valence-corrected chi connectivity index (χ3v) is 4.93. The SMILES string of the molecule is N#Cc1ccc(Cl)cc1S(=O)(=O)NC1(C(=O)O)CCOC1. The number of ether oxygens (including phenoxy) is 1. The highest BCUT2D eigenvalue weighted by atomic mass is 35.5. The fourth-order valence-electron chi connectivity index (χ4n) is 1.98. The van der Waals surface area contributed by atoms with E-state index in [1.807, 2.05) is 0 Å². The molecule has 1 aliphatic heterocycles. The second-order valence-corrected chi connectivity index (χ2v) is 6.63. The van der Waals surface area contributed by atoms with Gasteiger partial charge >= 0.3 is 5.97 Å². The quantitative estimate of drug-likeness (QED) is 0.840. The van der Waals surface area contributed by atoms with E-state index in [0.717, 1.165) is 6.07 Å². The third kappa shape index (κ3) is 3.01. The van der Waals surface area contributed by atoms with Gasteiger partial charge in [0.15, 0.2) is 5.54 Å². The van der Waals surface area contributed by atoms with Gasteiger partial charge in [-0.15, -0.1) is 0 Å². The van der Waals surface area contributed by atoms with Gasteiger partial charge in [-0.25, -0.2) is 8.42 Å². The minimum absolute atomic E-state index is 0.00398. The van der Waals surface area contributed by atoms with Crippen LogP contribution in [-0.2, 0) is 19.6 Å². The number of carboxylic acids is 1. The van der Waals surface area contributed by atoms with Crippen molar-refractivity contribution in [1.82, 2.24) is 4.72 Å². The highest BCUT2D eigenvalue weighted by Gasteiger charge is 2.46. The van der Waals surface area contributed by atoms with Crippen LogP contribution in [0.5, 0.6) is 0 Å². The summed E-state index contributed by atoms with van der Waals surface area (Å²) in [7, 11) is -4.23. The van der Waals surface area contributed by atoms with E-state index in [1.54, 1.807) is 6.07 Å². The lowest BCUT2D eigenvalue weighted by molar-refractivity contribution is -0.144. The van der Waals surface area contributed by atoms with Gasteiger partial charge in [-0.1, -0.05) is 11.6 Å². The number of aliphatic carboxylic acids is 1. The number of rotatable bonds is 4. The molecule has 9 heteroatoms. The summed E-state index contributed by atoms with van der Waals surface area (Å²) in [5.41, 5.74) is -1.85. The number of nitriles is 1. The zero-order valence-electron chi connectivity index (χ0n) is 10.7. The predicted octanol–water partition coefficient (Wildman–Crippen LogP) is 0.734. The Morgan fingerprint density at radius 1 is 1.52 bits per heavy atom. The van der Waals surface area contributed by atoms with E-state index < -0.39 is 21.5 Å². The predicted molar refractivity (Wildman–Crippen MR) is 72.3 cm³/mol. The summed E-state index contributed by atoms with van der Waals surface area (Å²) in [6.07, 6.45) is 0.00398. The number of nitrogens with one attached hydrogen (secondary N) is 1. The third-order valence-electron chi connectivity index (χ3n) is 3.11. The first kappa shape index (κ1) is 15.7. The van der Waals surface area contributed by atoms with Crippen molar-refractivity contribution in [2.24, 2.45) is 0 Å². The van der Waals surface area contributed by atoms with Crippen LogP contribution in [0, 0.1) is 11.3 Å². The number of hydrogen-bond acceptors (Lipinski definition) is 5. The lowest BCUT2D eigenvalue weighted by Crippen LogP contribution is -2.55. The number of benzene rings is 1. The Labute approximate surface area is 126 Å². The summed E-state index contributed by atoms with van der Waals surface area (Å²) in [5.74, 6) is -1.33. The molecule has 1 atom stereocenters. The Morgan fingerprint density at radius 3 is 2.76 bits per heavy atom. The van der Waals surface area contributed by atoms with Crippen LogP contribution in [0.1, 0.15) is 12.0 Å². The van der Waals surface area contributed by atoms with Gasteiger partial charge in [0.25, 0.3) is 0 Å². The molecular formula is C12H11ClN2O5S. The molecule has 0 aromatic heterocycles. The molecule has 2 N–H and O–H groups in total. The van der Waals surface area contributed by atoms with Crippen LogP contribution in [0.4, 0.5) is 0 Å². The second kappa shape index (κ2) is 5.61. The van der Waals surface area contributed by atoms with Crippen LogP contribution < -0.4 is 4.72 Å². The van der Waals surface area contributed by atoms with Gasteiger partial charge in [-0.3, -0.25) is 4.79 Å². The summed E-state index contributed by atoms with van der Waals surface area (Å²) >= 11 is 5.75. The highest BCUT2D eigenvalue weighted by molar-refractivity contribution is 7.89. The molecule has 21 heavy (non-hydrogen) atoms. The fraction of sp³-hybridized carbons (Fsp3) is 0.333. The molecule has 1 saturated heterocycles. The van der Waals surface area contributed by atoms with E-state index in [4.69, 9.17) is 21.6 Å². The van der Waals surface area contributed by atoms with E-state index in [9.17, 15) is 18.3 Å². The molecule has 1 aromatic carbocycles. The molecule has 0 aliphatic carbocycles. The first-order valence-corrected chi connectivity index (χ1v) is 7.72. The molecule has 2 rings (SSSR count). The minimum Gasteiger partial charge on any atom is -0.480 e. The molecule has 1 fully saturated rings. The Balaban J connectivity index is 2.46. The molecule has 1 aromatic rings. The second-order valence-electron chi connectivity index (χ2n) is 4.55. The van der Waals surface area contributed by atoms with Crippen molar-refractivity contribution in [2.75, 3.05) is 13.2 Å². The van der Waals surface area contributed by atoms with Crippen LogP contribution in [0.25, 0.3) is 0 Å². The maximum Gasteiger partial charge on any atom is 0.327 e. The van der Waals surface area contributed by atoms with Gasteiger partial charge in [0.2, 0.25) is 10.0 Å². The molecule has 0 radical (unpaired) electrons. The molecule has 1 aliphatic rings. The van der Waals surface area contributed by atoms with E-state index >= 15 is 0 Å². The minimum atomic E-state index is -4.23. The molecule has 112 valence electrons. The largest absolute Gasteiger partial charge is 0.480 e. The first-order valence-electron chi connectivity index (χ1n) is 5.85. The zero-order chi connectivity index (χ0) is 15.7. The maximum absolute atomic E-state index is 12.4. The summed E-state index contributed by atoms with van der Waals surface area (Å²) in [4.78, 5) is 11.0. The van der Waals surface area contributed by atoms with Crippen LogP contribution >= 0.6 is 11.6 Å². The Bertz CT molecular complexity index is 720. The van der Waals surface area contributed by atoms with Gasteiger partial charge in [0.05, 0.1) is 12.2 Å². The molecule has 0 amide bonds. The van der Waals surface area contributed by atoms with Crippen LogP contribution in [0.3, 0.4) is 0 Å². The van der Waals surface area contributed by atoms with E-state index in [1.165, 1.54) is 12.1 Å². The summed E-state index contributed by atoms with van der Waals surface area (Å²) in [5, 5.41) is 18.4. The summed E-state index contributed by atoms with van der Waals surface area (Å²) in [6.45, 7) is -0.139. The van der Waals surface area contributed by atoms with Crippen molar-refractivity contribution in [3.05, 3.63) is 28.8 Å². The van der Waals surface area contributed by atoms with E-state index in [-0.39, 0.29) is 35.1 Å². The van der Waals surface area contributed by atoms with Gasteiger partial charge < -0.3 is 9.84 Å². The molecule has 0 bridgehead atoms. The van der Waals surface area contributed by atoms with Crippen molar-refractivity contribution in [1.29, 1.82) is 5.26 Å². The molecule has 0 saturated carbocycles. The Morgan fingerprint density at radius 2 is 2.24 bits per heavy atom. The van der Waals surface area contributed by atoms with Crippen molar-refractivity contribution in [3.8, 4) is 6.07 Å². The van der Waals surface area contributed by atoms with Gasteiger partial charge in [0.1, 0.15) is 11.0 Å².